The number of phenolic OH excluding ortho intramolecular Hbond substituents is 2. The van der Waals surface area contributed by atoms with E-state index in [2.05, 4.69) is 36.2 Å². The number of carbonyl (C=O) groups excluding carboxylic acids is 1. The maximum Gasteiger partial charge on any atom is 0.251 e. The molecule has 7 N–H and O–H groups in total. The van der Waals surface area contributed by atoms with Crippen molar-refractivity contribution in [3.05, 3.63) is 102 Å². The Bertz CT molecular complexity index is 1790. The summed E-state index contributed by atoms with van der Waals surface area (Å²) in [6, 6.07) is 23.8. The van der Waals surface area contributed by atoms with Crippen molar-refractivity contribution in [3.8, 4) is 40.0 Å². The summed E-state index contributed by atoms with van der Waals surface area (Å²) in [6.45, 7) is 0.679. The van der Waals surface area contributed by atoms with Crippen LogP contribution in [-0.2, 0) is 0 Å². The summed E-state index contributed by atoms with van der Waals surface area (Å²) >= 11 is 5.19. The van der Waals surface area contributed by atoms with Crippen molar-refractivity contribution >= 4 is 35.1 Å². The number of phenols is 2. The molecular weight excluding hydrogens is 566 g/mol. The van der Waals surface area contributed by atoms with E-state index >= 15 is 0 Å². The quantitative estimate of drug-likeness (QED) is 0.0644. The number of pyridine rings is 1. The topological polar surface area (TPSA) is 176 Å². The highest BCUT2D eigenvalue weighted by molar-refractivity contribution is 7.80. The highest BCUT2D eigenvalue weighted by Crippen LogP contribution is 2.33. The first kappa shape index (κ1) is 28.7. The monoisotopic (exact) mass is 593 g/mol. The number of amides is 1. The molecule has 0 unspecified atom stereocenters. The van der Waals surface area contributed by atoms with E-state index in [1.165, 1.54) is 6.21 Å². The van der Waals surface area contributed by atoms with Gasteiger partial charge in [-0.15, -0.1) is 5.10 Å². The SMILES string of the molecule is Nc1cccnc1/C=N/NC(=S)NCCNC(=O)c1ccc(-n2nc(-c3ccccc3O)nc2-c2ccccc2O)cc1. The molecule has 0 saturated carbocycles. The summed E-state index contributed by atoms with van der Waals surface area (Å²) in [6.07, 6.45) is 3.08. The van der Waals surface area contributed by atoms with Crippen LogP contribution in [0.3, 0.4) is 0 Å². The normalized spacial score (nSPS) is 10.9. The van der Waals surface area contributed by atoms with Gasteiger partial charge in [0.1, 0.15) is 17.2 Å². The average molecular weight is 594 g/mol. The second-order valence-corrected chi connectivity index (χ2v) is 9.52. The van der Waals surface area contributed by atoms with Gasteiger partial charge in [0.2, 0.25) is 0 Å². The van der Waals surface area contributed by atoms with Gasteiger partial charge in [-0.25, -0.2) is 9.67 Å². The molecule has 3 aromatic carbocycles. The molecular formula is C30H27N9O3S. The molecule has 0 fully saturated rings. The van der Waals surface area contributed by atoms with Crippen molar-refractivity contribution in [3.63, 3.8) is 0 Å². The number of nitrogen functional groups attached to an aromatic ring is 1. The highest BCUT2D eigenvalue weighted by Gasteiger charge is 2.19. The van der Waals surface area contributed by atoms with Crippen molar-refractivity contribution in [2.75, 3.05) is 18.8 Å². The standard InChI is InChI=1S/C30H27N9O3S/c31-23-8-5-15-32-24(23)18-35-37-30(43)34-17-16-33-29(42)19-11-13-20(14-12-19)39-28(22-7-2-4-10-26(22)41)36-27(38-39)21-6-1-3-9-25(21)40/h1-15,18,40-41H,16-17,31H2,(H,33,42)(H2,34,37,43)/b35-18+. The van der Waals surface area contributed by atoms with Crippen LogP contribution < -0.4 is 21.8 Å². The van der Waals surface area contributed by atoms with Crippen molar-refractivity contribution in [2.45, 2.75) is 0 Å². The smallest absolute Gasteiger partial charge is 0.251 e. The Balaban J connectivity index is 1.22. The third kappa shape index (κ3) is 6.92. The van der Waals surface area contributed by atoms with Crippen LogP contribution in [0.4, 0.5) is 5.69 Å². The number of anilines is 1. The van der Waals surface area contributed by atoms with Crippen LogP contribution in [-0.4, -0.2) is 60.3 Å². The van der Waals surface area contributed by atoms with Crippen LogP contribution in [0.5, 0.6) is 11.5 Å². The van der Waals surface area contributed by atoms with E-state index in [0.717, 1.165) is 0 Å². The first-order chi connectivity index (χ1) is 20.9. The lowest BCUT2D eigenvalue weighted by atomic mass is 10.1. The predicted octanol–water partition coefficient (Wildman–Crippen LogP) is 3.22. The number of aromatic nitrogens is 4. The Morgan fingerprint density at radius 3 is 2.28 bits per heavy atom. The number of aromatic hydroxyl groups is 2. The van der Waals surface area contributed by atoms with E-state index < -0.39 is 0 Å². The number of benzene rings is 3. The summed E-state index contributed by atoms with van der Waals surface area (Å²) in [5.74, 6) is 0.444. The third-order valence-electron chi connectivity index (χ3n) is 6.19. The van der Waals surface area contributed by atoms with Gasteiger partial charge < -0.3 is 26.6 Å². The molecule has 5 rings (SSSR count). The van der Waals surface area contributed by atoms with E-state index in [0.29, 0.717) is 52.7 Å². The maximum atomic E-state index is 12.7. The maximum absolute atomic E-state index is 12.7. The second kappa shape index (κ2) is 13.2. The fourth-order valence-corrected chi connectivity index (χ4v) is 4.20. The van der Waals surface area contributed by atoms with Gasteiger partial charge in [-0.1, -0.05) is 24.3 Å². The second-order valence-electron chi connectivity index (χ2n) is 9.11. The van der Waals surface area contributed by atoms with Gasteiger partial charge in [-0.05, 0) is 72.9 Å². The predicted molar refractivity (Wildman–Crippen MR) is 168 cm³/mol. The van der Waals surface area contributed by atoms with Crippen molar-refractivity contribution in [2.24, 2.45) is 5.10 Å². The molecule has 43 heavy (non-hydrogen) atoms. The third-order valence-corrected chi connectivity index (χ3v) is 6.43. The summed E-state index contributed by atoms with van der Waals surface area (Å²) in [7, 11) is 0. The molecule has 0 aliphatic carbocycles. The number of hydrogen-bond donors (Lipinski definition) is 6. The summed E-state index contributed by atoms with van der Waals surface area (Å²) in [5, 5.41) is 35.5. The van der Waals surface area contributed by atoms with Crippen molar-refractivity contribution in [1.82, 2.24) is 35.8 Å². The number of nitrogens with two attached hydrogens (primary N) is 1. The number of para-hydroxylation sites is 2. The van der Waals surface area contributed by atoms with Crippen molar-refractivity contribution in [1.29, 1.82) is 0 Å². The first-order valence-electron chi connectivity index (χ1n) is 13.1. The number of rotatable bonds is 9. The van der Waals surface area contributed by atoms with E-state index in [1.54, 1.807) is 95.8 Å². The Morgan fingerprint density at radius 1 is 0.907 bits per heavy atom. The molecule has 0 bridgehead atoms. The molecule has 0 aliphatic heterocycles. The lowest BCUT2D eigenvalue weighted by molar-refractivity contribution is 0.0954. The van der Waals surface area contributed by atoms with E-state index in [4.69, 9.17) is 18.0 Å². The fourth-order valence-electron chi connectivity index (χ4n) is 4.04. The zero-order valence-electron chi connectivity index (χ0n) is 22.7. The molecule has 0 aliphatic rings. The molecule has 12 nitrogen and oxygen atoms in total. The number of nitrogens with zero attached hydrogens (tertiary/aromatic N) is 5. The minimum Gasteiger partial charge on any atom is -0.507 e. The van der Waals surface area contributed by atoms with Crippen LogP contribution >= 0.6 is 12.2 Å². The summed E-state index contributed by atoms with van der Waals surface area (Å²) in [5.41, 5.74) is 11.5. The Hall–Kier alpha value is -5.82. The van der Waals surface area contributed by atoms with Gasteiger partial charge in [0.05, 0.1) is 28.7 Å². The lowest BCUT2D eigenvalue weighted by Gasteiger charge is -2.10. The molecule has 1 amide bonds. The van der Waals surface area contributed by atoms with Crippen LogP contribution in [0.1, 0.15) is 16.1 Å². The van der Waals surface area contributed by atoms with E-state index in [-0.39, 0.29) is 28.3 Å². The largest absolute Gasteiger partial charge is 0.507 e. The van der Waals surface area contributed by atoms with Crippen LogP contribution in [0.15, 0.2) is 96.2 Å². The molecule has 0 radical (unpaired) electrons. The average Bonchev–Trinajstić information content (AvgIpc) is 3.45. The molecule has 2 heterocycles. The molecule has 2 aromatic heterocycles. The van der Waals surface area contributed by atoms with E-state index in [1.807, 2.05) is 0 Å². The zero-order chi connectivity index (χ0) is 30.2. The van der Waals surface area contributed by atoms with Gasteiger partial charge in [-0.2, -0.15) is 5.10 Å². The molecule has 0 saturated heterocycles. The lowest BCUT2D eigenvalue weighted by Crippen LogP contribution is -2.38. The van der Waals surface area contributed by atoms with Gasteiger partial charge in [-0.3, -0.25) is 15.2 Å². The number of hydrazone groups is 1. The fraction of sp³-hybridized carbons (Fsp3) is 0.0667. The number of carbonyl (C=O) groups is 1. The number of hydrogen-bond acceptors (Lipinski definition) is 9. The van der Waals surface area contributed by atoms with Crippen LogP contribution in [0.25, 0.3) is 28.5 Å². The molecule has 5 aromatic rings. The van der Waals surface area contributed by atoms with Gasteiger partial charge in [0, 0.05) is 24.8 Å². The van der Waals surface area contributed by atoms with Gasteiger partial charge in [0.15, 0.2) is 16.8 Å². The summed E-state index contributed by atoms with van der Waals surface area (Å²) in [4.78, 5) is 21.5. The highest BCUT2D eigenvalue weighted by atomic mass is 32.1. The number of nitrogens with one attached hydrogen (secondary N) is 3. The minimum atomic E-state index is -0.273. The minimum absolute atomic E-state index is 0.0314. The molecule has 0 spiro atoms. The van der Waals surface area contributed by atoms with E-state index in [9.17, 15) is 15.0 Å². The van der Waals surface area contributed by atoms with Gasteiger partial charge in [0.25, 0.3) is 5.91 Å². The van der Waals surface area contributed by atoms with Crippen LogP contribution in [0.2, 0.25) is 0 Å². The zero-order valence-corrected chi connectivity index (χ0v) is 23.5. The Morgan fingerprint density at radius 2 is 1.58 bits per heavy atom. The Labute approximate surface area is 251 Å². The molecule has 13 heteroatoms. The summed E-state index contributed by atoms with van der Waals surface area (Å²) < 4.78 is 1.56. The van der Waals surface area contributed by atoms with Crippen molar-refractivity contribution < 1.29 is 15.0 Å². The number of thiocarbonyl (C=S) groups is 1. The first-order valence-corrected chi connectivity index (χ1v) is 13.5. The van der Waals surface area contributed by atoms with Crippen LogP contribution in [0, 0.1) is 0 Å². The molecule has 0 atom stereocenters. The van der Waals surface area contributed by atoms with Gasteiger partial charge >= 0.3 is 0 Å². The Kier molecular flexibility index (Phi) is 8.83. The molecule has 216 valence electrons.